The number of anilines is 1. The molecule has 1 amide bonds. The van der Waals surface area contributed by atoms with Crippen molar-refractivity contribution in [1.82, 2.24) is 15.2 Å². The molecule has 0 saturated carbocycles. The van der Waals surface area contributed by atoms with Crippen LogP contribution in [0.25, 0.3) is 11.3 Å². The van der Waals surface area contributed by atoms with Gasteiger partial charge in [0, 0.05) is 23.8 Å². The number of rotatable bonds is 4. The highest BCUT2D eigenvalue weighted by Crippen LogP contribution is 2.43. The number of benzene rings is 2. The van der Waals surface area contributed by atoms with E-state index in [1.807, 2.05) is 36.4 Å². The van der Waals surface area contributed by atoms with Gasteiger partial charge in [-0.2, -0.15) is 4.98 Å². The van der Waals surface area contributed by atoms with Gasteiger partial charge < -0.3 is 4.74 Å². The number of ether oxygens (including phenoxy) is 1. The van der Waals surface area contributed by atoms with Gasteiger partial charge in [-0.1, -0.05) is 62.0 Å². The lowest BCUT2D eigenvalue weighted by atomic mass is 10.0. The third kappa shape index (κ3) is 4.28. The molecule has 0 spiro atoms. The van der Waals surface area contributed by atoms with Gasteiger partial charge in [0.25, 0.3) is 0 Å². The quantitative estimate of drug-likeness (QED) is 0.516. The van der Waals surface area contributed by atoms with Gasteiger partial charge in [-0.15, -0.1) is 10.2 Å². The first kappa shape index (κ1) is 21.3. The Morgan fingerprint density at radius 2 is 1.90 bits per heavy atom. The van der Waals surface area contributed by atoms with Gasteiger partial charge in [0.2, 0.25) is 23.2 Å². The molecule has 2 aromatic carbocycles. The van der Waals surface area contributed by atoms with Crippen molar-refractivity contribution in [3.63, 3.8) is 0 Å². The van der Waals surface area contributed by atoms with E-state index in [4.69, 9.17) is 4.74 Å². The summed E-state index contributed by atoms with van der Waals surface area (Å²) < 4.78 is 6.42. The minimum atomic E-state index is -0.654. The highest BCUT2D eigenvalue weighted by molar-refractivity contribution is 7.99. The van der Waals surface area contributed by atoms with E-state index in [0.29, 0.717) is 22.6 Å². The number of aryl methyl sites for hydroxylation is 2. The van der Waals surface area contributed by atoms with E-state index < -0.39 is 6.23 Å². The molecule has 1 aromatic heterocycles. The summed E-state index contributed by atoms with van der Waals surface area (Å²) in [6.45, 7) is 9.97. The lowest BCUT2D eigenvalue weighted by Gasteiger charge is -2.30. The zero-order valence-electron chi connectivity index (χ0n) is 18.4. The van der Waals surface area contributed by atoms with Crippen molar-refractivity contribution in [3.8, 4) is 17.1 Å². The van der Waals surface area contributed by atoms with E-state index in [1.54, 1.807) is 23.6 Å². The molecule has 0 saturated heterocycles. The summed E-state index contributed by atoms with van der Waals surface area (Å²) in [4.78, 5) is 19.2. The third-order valence-electron chi connectivity index (χ3n) is 5.21. The summed E-state index contributed by atoms with van der Waals surface area (Å²) in [6, 6.07) is 13.8. The molecule has 1 atom stereocenters. The Hall–Kier alpha value is -2.93. The molecular weight excluding hydrogens is 408 g/mol. The number of hydrogen-bond donors (Lipinski definition) is 0. The molecule has 1 aliphatic heterocycles. The zero-order chi connectivity index (χ0) is 22.1. The lowest BCUT2D eigenvalue weighted by Crippen LogP contribution is -2.36. The number of carbonyl (C=O) groups excluding carboxylic acids is 1. The van der Waals surface area contributed by atoms with Crippen molar-refractivity contribution in [3.05, 3.63) is 59.2 Å². The van der Waals surface area contributed by atoms with Crippen LogP contribution in [0.4, 0.5) is 5.69 Å². The largest absolute Gasteiger partial charge is 0.447 e. The van der Waals surface area contributed by atoms with E-state index in [1.165, 1.54) is 5.56 Å². The lowest BCUT2D eigenvalue weighted by molar-refractivity contribution is -0.118. The molecule has 160 valence electrons. The molecular formula is C24H26N4O2S. The predicted molar refractivity (Wildman–Crippen MR) is 123 cm³/mol. The Morgan fingerprint density at radius 1 is 1.13 bits per heavy atom. The zero-order valence-corrected chi connectivity index (χ0v) is 19.2. The number of carbonyl (C=O) groups is 1. The highest BCUT2D eigenvalue weighted by Gasteiger charge is 2.34. The maximum absolute atomic E-state index is 12.8. The van der Waals surface area contributed by atoms with Crippen molar-refractivity contribution >= 4 is 23.4 Å². The first-order chi connectivity index (χ1) is 14.8. The average Bonchev–Trinajstić information content (AvgIpc) is 2.88. The molecule has 0 aliphatic carbocycles. The van der Waals surface area contributed by atoms with Crippen LogP contribution in [0, 0.1) is 19.8 Å². The molecule has 31 heavy (non-hydrogen) atoms. The monoisotopic (exact) mass is 434 g/mol. The second kappa shape index (κ2) is 8.67. The molecule has 7 heteroatoms. The maximum atomic E-state index is 12.8. The molecule has 6 nitrogen and oxygen atoms in total. The molecule has 0 bridgehead atoms. The minimum Gasteiger partial charge on any atom is -0.447 e. The standard InChI is InChI=1S/C24H26N4O2S/c1-14(2)13-31-24-25-22-21(26-27-24)19-8-6-7-9-20(19)28(17(5)29)23(30-22)18-11-10-15(3)16(4)12-18/h6-12,14,23H,13H2,1-5H3. The van der Waals surface area contributed by atoms with E-state index in [-0.39, 0.29) is 5.91 Å². The Morgan fingerprint density at radius 3 is 2.61 bits per heavy atom. The molecule has 0 radical (unpaired) electrons. The summed E-state index contributed by atoms with van der Waals surface area (Å²) in [5.74, 6) is 1.66. The van der Waals surface area contributed by atoms with E-state index >= 15 is 0 Å². The van der Waals surface area contributed by atoms with Gasteiger partial charge in [-0.25, -0.2) is 0 Å². The number of nitrogens with zero attached hydrogens (tertiary/aromatic N) is 4. The van der Waals surface area contributed by atoms with Gasteiger partial charge in [0.1, 0.15) is 0 Å². The van der Waals surface area contributed by atoms with E-state index in [2.05, 4.69) is 48.9 Å². The normalized spacial score (nSPS) is 15.2. The number of aromatic nitrogens is 3. The highest BCUT2D eigenvalue weighted by atomic mass is 32.2. The number of para-hydroxylation sites is 1. The molecule has 1 aliphatic rings. The fourth-order valence-corrected chi connectivity index (χ4v) is 4.22. The van der Waals surface area contributed by atoms with Crippen LogP contribution in [0.5, 0.6) is 5.88 Å². The first-order valence-corrected chi connectivity index (χ1v) is 11.3. The second-order valence-electron chi connectivity index (χ2n) is 8.17. The number of thioether (sulfide) groups is 1. The third-order valence-corrected chi connectivity index (χ3v) is 6.48. The summed E-state index contributed by atoms with van der Waals surface area (Å²) in [6.07, 6.45) is -0.654. The number of hydrogen-bond acceptors (Lipinski definition) is 6. The molecule has 0 fully saturated rings. The summed E-state index contributed by atoms with van der Waals surface area (Å²) in [5, 5.41) is 9.34. The summed E-state index contributed by atoms with van der Waals surface area (Å²) in [7, 11) is 0. The summed E-state index contributed by atoms with van der Waals surface area (Å²) in [5.41, 5.74) is 5.26. The predicted octanol–water partition coefficient (Wildman–Crippen LogP) is 5.35. The van der Waals surface area contributed by atoms with Gasteiger partial charge >= 0.3 is 0 Å². The smallest absolute Gasteiger partial charge is 0.247 e. The van der Waals surface area contributed by atoms with Gasteiger partial charge in [0.05, 0.1) is 5.69 Å². The van der Waals surface area contributed by atoms with Crippen molar-refractivity contribution in [2.24, 2.45) is 5.92 Å². The van der Waals surface area contributed by atoms with Gasteiger partial charge in [-0.05, 0) is 37.0 Å². The Balaban J connectivity index is 1.88. The van der Waals surface area contributed by atoms with Crippen LogP contribution in [0.3, 0.4) is 0 Å². The van der Waals surface area contributed by atoms with E-state index in [0.717, 1.165) is 28.1 Å². The second-order valence-corrected chi connectivity index (χ2v) is 9.16. The van der Waals surface area contributed by atoms with Crippen LogP contribution in [0.15, 0.2) is 47.6 Å². The minimum absolute atomic E-state index is 0.120. The molecule has 3 aromatic rings. The first-order valence-electron chi connectivity index (χ1n) is 10.4. The van der Waals surface area contributed by atoms with Crippen molar-refractivity contribution in [1.29, 1.82) is 0 Å². The molecule has 4 rings (SSSR count). The van der Waals surface area contributed by atoms with Crippen molar-refractivity contribution < 1.29 is 9.53 Å². The van der Waals surface area contributed by atoms with Crippen LogP contribution in [0.2, 0.25) is 0 Å². The average molecular weight is 435 g/mol. The Kier molecular flexibility index (Phi) is 5.96. The fourth-order valence-electron chi connectivity index (χ4n) is 3.49. The van der Waals surface area contributed by atoms with Crippen molar-refractivity contribution in [2.45, 2.75) is 46.0 Å². The van der Waals surface area contributed by atoms with Crippen LogP contribution >= 0.6 is 11.8 Å². The van der Waals surface area contributed by atoms with Crippen LogP contribution in [0.1, 0.15) is 43.7 Å². The SMILES string of the molecule is CC(=O)N1c2ccccc2-c2nnc(SCC(C)C)nc2OC1c1ccc(C)c(C)c1. The molecule has 1 unspecified atom stereocenters. The summed E-state index contributed by atoms with van der Waals surface area (Å²) >= 11 is 1.55. The van der Waals surface area contributed by atoms with Crippen LogP contribution in [-0.2, 0) is 4.79 Å². The number of amides is 1. The maximum Gasteiger partial charge on any atom is 0.247 e. The van der Waals surface area contributed by atoms with Crippen LogP contribution < -0.4 is 9.64 Å². The topological polar surface area (TPSA) is 68.2 Å². The van der Waals surface area contributed by atoms with Crippen LogP contribution in [-0.4, -0.2) is 26.8 Å². The van der Waals surface area contributed by atoms with Crippen molar-refractivity contribution in [2.75, 3.05) is 10.7 Å². The Labute approximate surface area is 187 Å². The van der Waals surface area contributed by atoms with Gasteiger partial charge in [0.15, 0.2) is 5.69 Å². The Bertz CT molecular complexity index is 1130. The number of fused-ring (bicyclic) bond motifs is 3. The fraction of sp³-hybridized carbons (Fsp3) is 0.333. The molecule has 2 heterocycles. The molecule has 0 N–H and O–H groups in total. The van der Waals surface area contributed by atoms with E-state index in [9.17, 15) is 4.79 Å². The van der Waals surface area contributed by atoms with Gasteiger partial charge in [-0.3, -0.25) is 9.69 Å².